The summed E-state index contributed by atoms with van der Waals surface area (Å²) >= 11 is 0.791. The van der Waals surface area contributed by atoms with Gasteiger partial charge in [0, 0.05) is 25.2 Å². The van der Waals surface area contributed by atoms with E-state index < -0.39 is 17.1 Å². The van der Waals surface area contributed by atoms with E-state index in [1.807, 2.05) is 6.07 Å². The fourth-order valence-corrected chi connectivity index (χ4v) is 3.48. The Morgan fingerprint density at radius 2 is 2.04 bits per heavy atom. The Hall–Kier alpha value is -2.22. The topological polar surface area (TPSA) is 80.1 Å². The molecule has 0 aliphatic carbocycles. The van der Waals surface area contributed by atoms with Gasteiger partial charge in [0.05, 0.1) is 12.0 Å². The van der Waals surface area contributed by atoms with Crippen LogP contribution in [0.5, 0.6) is 0 Å². The van der Waals surface area contributed by atoms with Crippen molar-refractivity contribution in [1.82, 2.24) is 4.90 Å². The third-order valence-electron chi connectivity index (χ3n) is 3.94. The molecule has 7 nitrogen and oxygen atoms in total. The minimum Gasteiger partial charge on any atom is -0.468 e. The van der Waals surface area contributed by atoms with Crippen LogP contribution in [0.4, 0.5) is 10.7 Å². The van der Waals surface area contributed by atoms with Crippen LogP contribution in [0, 0.1) is 0 Å². The van der Waals surface area contributed by atoms with Gasteiger partial charge in [-0.3, -0.25) is 19.3 Å². The minimum atomic E-state index is -0.635. The van der Waals surface area contributed by atoms with E-state index in [4.69, 9.17) is 4.42 Å². The molecule has 3 rings (SSSR count). The number of rotatable bonds is 4. The van der Waals surface area contributed by atoms with Crippen molar-refractivity contribution in [3.63, 3.8) is 0 Å². The molecular formula is C16H18N2O5S. The molecule has 0 unspecified atom stereocenters. The van der Waals surface area contributed by atoms with Crippen LogP contribution in [-0.2, 0) is 14.3 Å². The van der Waals surface area contributed by atoms with Crippen LogP contribution < -0.4 is 4.90 Å². The first-order valence-corrected chi connectivity index (χ1v) is 8.57. The van der Waals surface area contributed by atoms with Crippen molar-refractivity contribution >= 4 is 40.8 Å². The van der Waals surface area contributed by atoms with Crippen LogP contribution >= 0.6 is 11.8 Å². The summed E-state index contributed by atoms with van der Waals surface area (Å²) in [6.45, 7) is 1.54. The van der Waals surface area contributed by atoms with Gasteiger partial charge in [-0.15, -0.1) is 0 Å². The summed E-state index contributed by atoms with van der Waals surface area (Å²) < 4.78 is 10.3. The second-order valence-corrected chi connectivity index (χ2v) is 6.56. The van der Waals surface area contributed by atoms with Crippen molar-refractivity contribution in [3.8, 4) is 0 Å². The summed E-state index contributed by atoms with van der Waals surface area (Å²) in [5, 5.41) is -0.487. The van der Waals surface area contributed by atoms with Crippen LogP contribution in [0.3, 0.4) is 0 Å². The monoisotopic (exact) mass is 350 g/mol. The van der Waals surface area contributed by atoms with E-state index in [-0.39, 0.29) is 11.4 Å². The van der Waals surface area contributed by atoms with Gasteiger partial charge in [-0.25, -0.2) is 0 Å². The molecule has 0 bridgehead atoms. The zero-order valence-corrected chi connectivity index (χ0v) is 14.1. The summed E-state index contributed by atoms with van der Waals surface area (Å²) in [7, 11) is 1.21. The highest BCUT2D eigenvalue weighted by atomic mass is 32.2. The number of anilines is 1. The van der Waals surface area contributed by atoms with Crippen molar-refractivity contribution in [3.05, 3.63) is 22.8 Å². The Bertz CT molecular complexity index is 690. The summed E-state index contributed by atoms with van der Waals surface area (Å²) in [6.07, 6.45) is 5.05. The van der Waals surface area contributed by atoms with E-state index in [2.05, 4.69) is 9.64 Å². The molecule has 0 atom stereocenters. The molecule has 8 heteroatoms. The average Bonchev–Trinajstić information content (AvgIpc) is 3.16. The third kappa shape index (κ3) is 3.48. The lowest BCUT2D eigenvalue weighted by molar-refractivity contribution is -0.143. The maximum atomic E-state index is 12.2. The largest absolute Gasteiger partial charge is 0.468 e. The van der Waals surface area contributed by atoms with Crippen LogP contribution in [0.15, 0.2) is 21.5 Å². The zero-order chi connectivity index (χ0) is 17.1. The van der Waals surface area contributed by atoms with Crippen LogP contribution in [0.1, 0.15) is 25.0 Å². The number of hydrogen-bond acceptors (Lipinski definition) is 7. The molecule has 0 saturated carbocycles. The van der Waals surface area contributed by atoms with Crippen LogP contribution in [0.25, 0.3) is 6.08 Å². The Balaban J connectivity index is 1.72. The number of esters is 1. The quantitative estimate of drug-likeness (QED) is 0.609. The number of hydrogen-bond donors (Lipinski definition) is 0. The Morgan fingerprint density at radius 1 is 1.29 bits per heavy atom. The van der Waals surface area contributed by atoms with Crippen molar-refractivity contribution in [1.29, 1.82) is 0 Å². The number of carbonyl (C=O) groups is 3. The van der Waals surface area contributed by atoms with Gasteiger partial charge in [-0.2, -0.15) is 0 Å². The molecule has 2 fully saturated rings. The molecule has 0 radical (unpaired) electrons. The Morgan fingerprint density at radius 3 is 2.75 bits per heavy atom. The molecule has 0 spiro atoms. The summed E-state index contributed by atoms with van der Waals surface area (Å²) in [4.78, 5) is 38.7. The van der Waals surface area contributed by atoms with Gasteiger partial charge in [0.25, 0.3) is 11.1 Å². The SMILES string of the molecule is COC(=O)CN1C(=O)SC(=Cc2ccc(N3CCCCC3)o2)C1=O. The van der Waals surface area contributed by atoms with Gasteiger partial charge >= 0.3 is 5.97 Å². The van der Waals surface area contributed by atoms with Gasteiger partial charge in [0.2, 0.25) is 0 Å². The lowest BCUT2D eigenvalue weighted by Gasteiger charge is -2.25. The van der Waals surface area contributed by atoms with Gasteiger partial charge in [-0.1, -0.05) is 0 Å². The highest BCUT2D eigenvalue weighted by molar-refractivity contribution is 8.18. The maximum Gasteiger partial charge on any atom is 0.325 e. The number of thioether (sulfide) groups is 1. The van der Waals surface area contributed by atoms with E-state index in [1.54, 1.807) is 6.07 Å². The fourth-order valence-electron chi connectivity index (χ4n) is 2.66. The molecule has 24 heavy (non-hydrogen) atoms. The van der Waals surface area contributed by atoms with E-state index in [0.717, 1.165) is 48.5 Å². The first-order valence-electron chi connectivity index (χ1n) is 7.75. The second-order valence-electron chi connectivity index (χ2n) is 5.57. The molecular weight excluding hydrogens is 332 g/mol. The summed E-state index contributed by atoms with van der Waals surface area (Å²) in [6, 6.07) is 3.65. The molecule has 2 saturated heterocycles. The van der Waals surface area contributed by atoms with E-state index in [9.17, 15) is 14.4 Å². The number of methoxy groups -OCH3 is 1. The lowest BCUT2D eigenvalue weighted by Crippen LogP contribution is -2.34. The fraction of sp³-hybridized carbons (Fsp3) is 0.438. The lowest BCUT2D eigenvalue weighted by atomic mass is 10.1. The first kappa shape index (κ1) is 16.6. The first-order chi connectivity index (χ1) is 11.6. The molecule has 1 aromatic heterocycles. The molecule has 128 valence electrons. The number of carbonyl (C=O) groups excluding carboxylic acids is 3. The van der Waals surface area contributed by atoms with Crippen molar-refractivity contribution in [2.45, 2.75) is 19.3 Å². The minimum absolute atomic E-state index is 0.239. The van der Waals surface area contributed by atoms with Crippen molar-refractivity contribution in [2.24, 2.45) is 0 Å². The van der Waals surface area contributed by atoms with Crippen molar-refractivity contribution in [2.75, 3.05) is 31.6 Å². The van der Waals surface area contributed by atoms with E-state index >= 15 is 0 Å². The normalized spacial score (nSPS) is 20.1. The maximum absolute atomic E-state index is 12.2. The molecule has 0 aromatic carbocycles. The number of imide groups is 1. The predicted molar refractivity (Wildman–Crippen MR) is 89.5 cm³/mol. The zero-order valence-electron chi connectivity index (χ0n) is 13.3. The van der Waals surface area contributed by atoms with Gasteiger partial charge in [0.1, 0.15) is 12.3 Å². The number of amides is 2. The summed E-state index contributed by atoms with van der Waals surface area (Å²) in [5.74, 6) is 0.143. The van der Waals surface area contributed by atoms with Crippen LogP contribution in [0.2, 0.25) is 0 Å². The molecule has 1 aromatic rings. The number of nitrogens with zero attached hydrogens (tertiary/aromatic N) is 2. The van der Waals surface area contributed by atoms with Gasteiger partial charge in [-0.05, 0) is 37.1 Å². The molecule has 3 heterocycles. The highest BCUT2D eigenvalue weighted by Gasteiger charge is 2.36. The van der Waals surface area contributed by atoms with Gasteiger partial charge in [0.15, 0.2) is 5.88 Å². The summed E-state index contributed by atoms with van der Waals surface area (Å²) in [5.41, 5.74) is 0. The molecule has 0 N–H and O–H groups in total. The average molecular weight is 350 g/mol. The predicted octanol–water partition coefficient (Wildman–Crippen LogP) is 2.48. The molecule has 2 aliphatic heterocycles. The Kier molecular flexibility index (Phi) is 4.94. The number of piperidine rings is 1. The third-order valence-corrected chi connectivity index (χ3v) is 4.85. The highest BCUT2D eigenvalue weighted by Crippen LogP contribution is 2.33. The smallest absolute Gasteiger partial charge is 0.325 e. The molecule has 2 amide bonds. The number of ether oxygens (including phenoxy) is 1. The van der Waals surface area contributed by atoms with E-state index in [0.29, 0.717) is 5.76 Å². The second kappa shape index (κ2) is 7.12. The van der Waals surface area contributed by atoms with Crippen LogP contribution in [-0.4, -0.2) is 48.8 Å². The van der Waals surface area contributed by atoms with Crippen molar-refractivity contribution < 1.29 is 23.5 Å². The molecule has 2 aliphatic rings. The van der Waals surface area contributed by atoms with E-state index in [1.165, 1.54) is 19.6 Å². The standard InChI is InChI=1S/C16H18N2O5S/c1-22-14(19)10-18-15(20)12(24-16(18)21)9-11-5-6-13(23-11)17-7-3-2-4-8-17/h5-6,9H,2-4,7-8,10H2,1H3. The van der Waals surface area contributed by atoms with Gasteiger partial charge < -0.3 is 14.1 Å². The number of furan rings is 1. The Labute approximate surface area is 143 Å².